The van der Waals surface area contributed by atoms with Gasteiger partial charge in [0, 0.05) is 10.0 Å². The SMILES string of the molecule is CC[C@@H](C)c1ccc(OCCOc2ccc(Br)cc2/C=N\n2cnnc2)cc1. The minimum absolute atomic E-state index is 0.433. The maximum Gasteiger partial charge on any atom is 0.141 e. The molecule has 6 nitrogen and oxygen atoms in total. The molecule has 28 heavy (non-hydrogen) atoms. The van der Waals surface area contributed by atoms with Crippen molar-refractivity contribution in [2.75, 3.05) is 13.2 Å². The Kier molecular flexibility index (Phi) is 7.19. The quantitative estimate of drug-likeness (QED) is 0.349. The van der Waals surface area contributed by atoms with E-state index >= 15 is 0 Å². The second kappa shape index (κ2) is 10.0. The van der Waals surface area contributed by atoms with E-state index in [-0.39, 0.29) is 0 Å². The van der Waals surface area contributed by atoms with E-state index in [2.05, 4.69) is 57.2 Å². The summed E-state index contributed by atoms with van der Waals surface area (Å²) in [5.41, 5.74) is 2.18. The number of benzene rings is 2. The first-order valence-electron chi connectivity index (χ1n) is 9.20. The maximum atomic E-state index is 5.89. The Balaban J connectivity index is 1.54. The second-order valence-electron chi connectivity index (χ2n) is 6.34. The van der Waals surface area contributed by atoms with Crippen molar-refractivity contribution in [1.29, 1.82) is 0 Å². The normalized spacial score (nSPS) is 12.2. The Morgan fingerprint density at radius 1 is 1.07 bits per heavy atom. The molecule has 0 saturated carbocycles. The summed E-state index contributed by atoms with van der Waals surface area (Å²) in [4.78, 5) is 0. The lowest BCUT2D eigenvalue weighted by molar-refractivity contribution is 0.217. The highest BCUT2D eigenvalue weighted by Gasteiger charge is 2.05. The van der Waals surface area contributed by atoms with E-state index in [0.29, 0.717) is 19.1 Å². The Labute approximate surface area is 173 Å². The van der Waals surface area contributed by atoms with Gasteiger partial charge < -0.3 is 9.47 Å². The van der Waals surface area contributed by atoms with Gasteiger partial charge in [0.15, 0.2) is 0 Å². The van der Waals surface area contributed by atoms with Crippen molar-refractivity contribution >= 4 is 22.1 Å². The number of rotatable bonds is 9. The maximum absolute atomic E-state index is 5.89. The molecule has 0 aliphatic heterocycles. The molecule has 0 aliphatic carbocycles. The molecule has 0 saturated heterocycles. The van der Waals surface area contributed by atoms with E-state index in [1.54, 1.807) is 6.21 Å². The van der Waals surface area contributed by atoms with Crippen LogP contribution in [0.2, 0.25) is 0 Å². The Morgan fingerprint density at radius 2 is 1.79 bits per heavy atom. The monoisotopic (exact) mass is 442 g/mol. The van der Waals surface area contributed by atoms with Crippen LogP contribution in [-0.4, -0.2) is 34.3 Å². The first-order valence-corrected chi connectivity index (χ1v) is 9.99. The van der Waals surface area contributed by atoms with Crippen LogP contribution in [0.5, 0.6) is 11.5 Å². The molecule has 3 rings (SSSR count). The summed E-state index contributed by atoms with van der Waals surface area (Å²) < 4.78 is 14.1. The zero-order valence-electron chi connectivity index (χ0n) is 16.0. The van der Waals surface area contributed by atoms with E-state index in [9.17, 15) is 0 Å². The predicted molar refractivity (Wildman–Crippen MR) is 113 cm³/mol. The van der Waals surface area contributed by atoms with Gasteiger partial charge in [0.2, 0.25) is 0 Å². The molecule has 146 valence electrons. The molecule has 1 heterocycles. The third-order valence-electron chi connectivity index (χ3n) is 4.38. The second-order valence-corrected chi connectivity index (χ2v) is 7.26. The molecular formula is C21H23BrN4O2. The van der Waals surface area contributed by atoms with Crippen LogP contribution in [0, 0.1) is 0 Å². The van der Waals surface area contributed by atoms with Gasteiger partial charge in [-0.25, -0.2) is 4.68 Å². The van der Waals surface area contributed by atoms with Gasteiger partial charge in [0.25, 0.3) is 0 Å². The van der Waals surface area contributed by atoms with Crippen molar-refractivity contribution in [3.63, 3.8) is 0 Å². The molecule has 0 amide bonds. The summed E-state index contributed by atoms with van der Waals surface area (Å²) in [5, 5.41) is 11.7. The topological polar surface area (TPSA) is 61.5 Å². The fraction of sp³-hybridized carbons (Fsp3) is 0.286. The molecule has 3 aromatic rings. The zero-order valence-corrected chi connectivity index (χ0v) is 17.5. The van der Waals surface area contributed by atoms with E-state index in [1.807, 2.05) is 30.3 Å². The Hall–Kier alpha value is -2.67. The van der Waals surface area contributed by atoms with E-state index in [1.165, 1.54) is 22.9 Å². The van der Waals surface area contributed by atoms with E-state index in [4.69, 9.17) is 9.47 Å². The van der Waals surface area contributed by atoms with E-state index < -0.39 is 0 Å². The highest BCUT2D eigenvalue weighted by Crippen LogP contribution is 2.23. The van der Waals surface area contributed by atoms with Gasteiger partial charge >= 0.3 is 0 Å². The molecule has 0 radical (unpaired) electrons. The molecule has 0 bridgehead atoms. The molecule has 0 unspecified atom stereocenters. The molecule has 7 heteroatoms. The molecular weight excluding hydrogens is 420 g/mol. The molecule has 0 aliphatic rings. The van der Waals surface area contributed by atoms with Gasteiger partial charge in [-0.05, 0) is 48.2 Å². The van der Waals surface area contributed by atoms with Crippen LogP contribution in [0.15, 0.2) is 64.7 Å². The first-order chi connectivity index (χ1) is 13.7. The third-order valence-corrected chi connectivity index (χ3v) is 4.87. The molecule has 1 atom stereocenters. The molecule has 0 N–H and O–H groups in total. The summed E-state index contributed by atoms with van der Waals surface area (Å²) in [6.07, 6.45) is 5.88. The highest BCUT2D eigenvalue weighted by atomic mass is 79.9. The van der Waals surface area contributed by atoms with Gasteiger partial charge in [0.05, 0.1) is 6.21 Å². The minimum Gasteiger partial charge on any atom is -0.490 e. The summed E-state index contributed by atoms with van der Waals surface area (Å²) in [6.45, 7) is 5.31. The first kappa shape index (κ1) is 20.1. The van der Waals surface area contributed by atoms with Crippen LogP contribution in [0.1, 0.15) is 37.3 Å². The highest BCUT2D eigenvalue weighted by molar-refractivity contribution is 9.10. The largest absolute Gasteiger partial charge is 0.490 e. The van der Waals surface area contributed by atoms with Crippen molar-refractivity contribution < 1.29 is 9.47 Å². The van der Waals surface area contributed by atoms with Crippen LogP contribution in [0.4, 0.5) is 0 Å². The van der Waals surface area contributed by atoms with Gasteiger partial charge in [-0.3, -0.25) is 0 Å². The number of hydrogen-bond donors (Lipinski definition) is 0. The minimum atomic E-state index is 0.433. The summed E-state index contributed by atoms with van der Waals surface area (Å²) >= 11 is 3.48. The predicted octanol–water partition coefficient (Wildman–Crippen LogP) is 4.89. The molecule has 2 aromatic carbocycles. The van der Waals surface area contributed by atoms with Crippen molar-refractivity contribution in [2.45, 2.75) is 26.2 Å². The third kappa shape index (κ3) is 5.66. The number of aromatic nitrogens is 3. The van der Waals surface area contributed by atoms with Crippen LogP contribution in [0.3, 0.4) is 0 Å². The van der Waals surface area contributed by atoms with Gasteiger partial charge in [-0.1, -0.05) is 41.9 Å². The van der Waals surface area contributed by atoms with Gasteiger partial charge in [0.1, 0.15) is 37.4 Å². The Morgan fingerprint density at radius 3 is 2.50 bits per heavy atom. The number of halogens is 1. The standard InChI is InChI=1S/C21H23BrN4O2/c1-3-16(2)17-4-7-20(8-5-17)27-10-11-28-21-9-6-19(22)12-18(21)13-25-26-14-23-24-15-26/h4-9,12-16H,3,10-11H2,1-2H3/b25-13-/t16-/m1/s1. The fourth-order valence-corrected chi connectivity index (χ4v) is 2.95. The van der Waals surface area contributed by atoms with Crippen molar-refractivity contribution in [3.05, 3.63) is 70.7 Å². The Bertz CT molecular complexity index is 895. The summed E-state index contributed by atoms with van der Waals surface area (Å²) in [7, 11) is 0. The van der Waals surface area contributed by atoms with Crippen LogP contribution in [0.25, 0.3) is 0 Å². The summed E-state index contributed by atoms with van der Waals surface area (Å²) in [5.74, 6) is 2.14. The summed E-state index contributed by atoms with van der Waals surface area (Å²) in [6, 6.07) is 14.0. The zero-order chi connectivity index (χ0) is 19.8. The van der Waals surface area contributed by atoms with Crippen LogP contribution in [-0.2, 0) is 0 Å². The number of hydrogen-bond acceptors (Lipinski definition) is 5. The average Bonchev–Trinajstić information content (AvgIpc) is 3.24. The lowest BCUT2D eigenvalue weighted by Gasteiger charge is -2.12. The molecule has 0 spiro atoms. The lowest BCUT2D eigenvalue weighted by Crippen LogP contribution is -2.10. The van der Waals surface area contributed by atoms with Gasteiger partial charge in [-0.15, -0.1) is 10.2 Å². The number of nitrogens with zero attached hydrogens (tertiary/aromatic N) is 4. The number of ether oxygens (including phenoxy) is 2. The van der Waals surface area contributed by atoms with Crippen molar-refractivity contribution in [2.24, 2.45) is 5.10 Å². The van der Waals surface area contributed by atoms with E-state index in [0.717, 1.165) is 28.0 Å². The molecule has 0 fully saturated rings. The average molecular weight is 443 g/mol. The smallest absolute Gasteiger partial charge is 0.141 e. The van der Waals surface area contributed by atoms with Crippen LogP contribution < -0.4 is 9.47 Å². The van der Waals surface area contributed by atoms with Crippen LogP contribution >= 0.6 is 15.9 Å². The lowest BCUT2D eigenvalue weighted by atomic mass is 9.99. The van der Waals surface area contributed by atoms with Crippen molar-refractivity contribution in [3.8, 4) is 11.5 Å². The fourth-order valence-electron chi connectivity index (χ4n) is 2.57. The molecule has 1 aromatic heterocycles. The van der Waals surface area contributed by atoms with Crippen molar-refractivity contribution in [1.82, 2.24) is 14.9 Å². The van der Waals surface area contributed by atoms with Gasteiger partial charge in [-0.2, -0.15) is 5.10 Å².